The fourth-order valence-electron chi connectivity index (χ4n) is 3.01. The molecule has 3 aromatic rings. The number of hydrogen-bond donors (Lipinski definition) is 2. The number of H-pyrrole nitrogens is 1. The van der Waals surface area contributed by atoms with E-state index in [1.807, 2.05) is 30.3 Å². The maximum absolute atomic E-state index is 12.9. The smallest absolute Gasteiger partial charge is 0.272 e. The Morgan fingerprint density at radius 1 is 1.22 bits per heavy atom. The molecule has 4 nitrogen and oxygen atoms in total. The number of rotatable bonds is 3. The normalized spacial score (nSPS) is 17.3. The van der Waals surface area contributed by atoms with Gasteiger partial charge in [0.25, 0.3) is 5.92 Å². The molecule has 3 heterocycles. The van der Waals surface area contributed by atoms with Gasteiger partial charge in [-0.1, -0.05) is 18.2 Å². The first kappa shape index (κ1) is 14.1. The number of alkyl halides is 2. The van der Waals surface area contributed by atoms with Gasteiger partial charge >= 0.3 is 0 Å². The summed E-state index contributed by atoms with van der Waals surface area (Å²) in [5.41, 5.74) is 10.3. The van der Waals surface area contributed by atoms with Crippen LogP contribution in [0.15, 0.2) is 42.7 Å². The van der Waals surface area contributed by atoms with Crippen molar-refractivity contribution in [3.05, 3.63) is 48.3 Å². The second-order valence-electron chi connectivity index (χ2n) is 6.07. The number of hydrogen-bond acceptors (Lipinski definition) is 3. The number of nitrogens with zero attached hydrogens (tertiary/aromatic N) is 2. The lowest BCUT2D eigenvalue weighted by molar-refractivity contribution is -0.133. The van der Waals surface area contributed by atoms with Crippen LogP contribution < -0.4 is 5.73 Å². The number of anilines is 1. The summed E-state index contributed by atoms with van der Waals surface area (Å²) >= 11 is 0. The molecule has 1 fully saturated rings. The molecule has 1 saturated heterocycles. The average Bonchev–Trinajstić information content (AvgIpc) is 2.87. The van der Waals surface area contributed by atoms with Gasteiger partial charge < -0.3 is 10.7 Å². The second-order valence-corrected chi connectivity index (χ2v) is 6.07. The van der Waals surface area contributed by atoms with Gasteiger partial charge in [0.15, 0.2) is 0 Å². The third-order valence-electron chi connectivity index (χ3n) is 4.14. The molecule has 118 valence electrons. The van der Waals surface area contributed by atoms with Crippen molar-refractivity contribution < 1.29 is 8.78 Å². The number of fused-ring (bicyclic) bond motifs is 1. The Labute approximate surface area is 131 Å². The van der Waals surface area contributed by atoms with Crippen molar-refractivity contribution in [3.8, 4) is 11.1 Å². The number of pyridine rings is 1. The number of aromatic nitrogens is 2. The Morgan fingerprint density at radius 3 is 2.83 bits per heavy atom. The summed E-state index contributed by atoms with van der Waals surface area (Å²) in [6.07, 6.45) is 3.51. The highest BCUT2D eigenvalue weighted by Crippen LogP contribution is 2.30. The molecule has 1 aliphatic heterocycles. The van der Waals surface area contributed by atoms with Gasteiger partial charge in [0.05, 0.1) is 18.8 Å². The fourth-order valence-corrected chi connectivity index (χ4v) is 3.01. The summed E-state index contributed by atoms with van der Waals surface area (Å²) in [5.74, 6) is -2.53. The minimum Gasteiger partial charge on any atom is -0.397 e. The third kappa shape index (κ3) is 2.66. The van der Waals surface area contributed by atoms with Crippen molar-refractivity contribution in [3.63, 3.8) is 0 Å². The molecule has 0 radical (unpaired) electrons. The van der Waals surface area contributed by atoms with Crippen LogP contribution in [0.5, 0.6) is 0 Å². The number of nitrogen functional groups attached to an aromatic ring is 1. The standard InChI is InChI=1S/C17H16F2N4/c18-17(19)9-23(10-17)8-11-2-1-3-12(4-11)13-5-14-15(20)7-22-16(14)21-6-13/h1-7H,8-10,20H2,(H,21,22). The highest BCUT2D eigenvalue weighted by atomic mass is 19.3. The molecular weight excluding hydrogens is 298 g/mol. The summed E-state index contributed by atoms with van der Waals surface area (Å²) in [7, 11) is 0. The van der Waals surface area contributed by atoms with Crippen LogP contribution in [0, 0.1) is 0 Å². The van der Waals surface area contributed by atoms with Crippen LogP contribution in [0.3, 0.4) is 0 Å². The van der Waals surface area contributed by atoms with Gasteiger partial charge in [0.2, 0.25) is 0 Å². The molecule has 0 aliphatic carbocycles. The van der Waals surface area contributed by atoms with E-state index in [-0.39, 0.29) is 13.1 Å². The summed E-state index contributed by atoms with van der Waals surface area (Å²) in [5, 5.41) is 0.885. The zero-order valence-corrected chi connectivity index (χ0v) is 12.4. The van der Waals surface area contributed by atoms with Gasteiger partial charge in [-0.25, -0.2) is 13.8 Å². The highest BCUT2D eigenvalue weighted by Gasteiger charge is 2.43. The van der Waals surface area contributed by atoms with E-state index < -0.39 is 5.92 Å². The summed E-state index contributed by atoms with van der Waals surface area (Å²) in [6.45, 7) is 0.209. The summed E-state index contributed by atoms with van der Waals surface area (Å²) in [6, 6.07) is 9.89. The topological polar surface area (TPSA) is 57.9 Å². The van der Waals surface area contributed by atoms with E-state index in [4.69, 9.17) is 5.73 Å². The molecule has 0 atom stereocenters. The molecule has 4 rings (SSSR count). The lowest BCUT2D eigenvalue weighted by Crippen LogP contribution is -2.55. The molecule has 2 aromatic heterocycles. The summed E-state index contributed by atoms with van der Waals surface area (Å²) in [4.78, 5) is 9.12. The lowest BCUT2D eigenvalue weighted by Gasteiger charge is -2.38. The van der Waals surface area contributed by atoms with Crippen molar-refractivity contribution in [1.82, 2.24) is 14.9 Å². The van der Waals surface area contributed by atoms with Crippen LogP contribution in [0.4, 0.5) is 14.5 Å². The van der Waals surface area contributed by atoms with Crippen molar-refractivity contribution in [2.45, 2.75) is 12.5 Å². The summed E-state index contributed by atoms with van der Waals surface area (Å²) < 4.78 is 25.9. The molecule has 1 aliphatic rings. The molecule has 3 N–H and O–H groups in total. The van der Waals surface area contributed by atoms with E-state index in [0.717, 1.165) is 27.7 Å². The maximum Gasteiger partial charge on any atom is 0.272 e. The van der Waals surface area contributed by atoms with Crippen LogP contribution in [0.25, 0.3) is 22.2 Å². The molecule has 6 heteroatoms. The van der Waals surface area contributed by atoms with Gasteiger partial charge in [0, 0.05) is 29.9 Å². The molecule has 23 heavy (non-hydrogen) atoms. The second kappa shape index (κ2) is 5.03. The minimum atomic E-state index is -2.53. The molecule has 0 saturated carbocycles. The predicted molar refractivity (Wildman–Crippen MR) is 86.2 cm³/mol. The van der Waals surface area contributed by atoms with E-state index in [9.17, 15) is 8.78 Å². The quantitative estimate of drug-likeness (QED) is 0.780. The Hall–Kier alpha value is -2.47. The van der Waals surface area contributed by atoms with Gasteiger partial charge in [-0.05, 0) is 23.3 Å². The predicted octanol–water partition coefficient (Wildman–Crippen LogP) is 3.26. The van der Waals surface area contributed by atoms with Crippen LogP contribution in [-0.2, 0) is 6.54 Å². The molecule has 0 bridgehead atoms. The monoisotopic (exact) mass is 314 g/mol. The average molecular weight is 314 g/mol. The van der Waals surface area contributed by atoms with E-state index in [1.54, 1.807) is 17.3 Å². The minimum absolute atomic E-state index is 0.162. The van der Waals surface area contributed by atoms with Gasteiger partial charge in [0.1, 0.15) is 5.65 Å². The van der Waals surface area contributed by atoms with Crippen molar-refractivity contribution in [2.24, 2.45) is 0 Å². The molecule has 0 amide bonds. The SMILES string of the molecule is Nc1c[nH]c2ncc(-c3cccc(CN4CC(F)(F)C4)c3)cc12. The van der Waals surface area contributed by atoms with Crippen LogP contribution in [-0.4, -0.2) is 33.9 Å². The number of aromatic amines is 1. The number of benzene rings is 1. The number of nitrogens with two attached hydrogens (primary N) is 1. The molecule has 0 unspecified atom stereocenters. The first-order valence-electron chi connectivity index (χ1n) is 7.42. The first-order chi connectivity index (χ1) is 11.0. The zero-order chi connectivity index (χ0) is 16.0. The number of nitrogens with one attached hydrogen (secondary N) is 1. The maximum atomic E-state index is 12.9. The van der Waals surface area contributed by atoms with Crippen molar-refractivity contribution >= 4 is 16.7 Å². The van der Waals surface area contributed by atoms with E-state index >= 15 is 0 Å². The van der Waals surface area contributed by atoms with Crippen molar-refractivity contribution in [1.29, 1.82) is 0 Å². The Balaban J connectivity index is 1.60. The van der Waals surface area contributed by atoms with Gasteiger partial charge in [-0.2, -0.15) is 0 Å². The largest absolute Gasteiger partial charge is 0.397 e. The van der Waals surface area contributed by atoms with Gasteiger partial charge in [-0.3, -0.25) is 4.90 Å². The van der Waals surface area contributed by atoms with E-state index in [1.165, 1.54) is 0 Å². The molecule has 0 spiro atoms. The molecule has 1 aromatic carbocycles. The first-order valence-corrected chi connectivity index (χ1v) is 7.42. The number of halogens is 2. The number of likely N-dealkylation sites (tertiary alicyclic amines) is 1. The third-order valence-corrected chi connectivity index (χ3v) is 4.14. The van der Waals surface area contributed by atoms with E-state index in [2.05, 4.69) is 9.97 Å². The lowest BCUT2D eigenvalue weighted by atomic mass is 10.0. The Kier molecular flexibility index (Phi) is 3.09. The molecular formula is C17H16F2N4. The Bertz CT molecular complexity index is 864. The van der Waals surface area contributed by atoms with Crippen LogP contribution in [0.1, 0.15) is 5.56 Å². The highest BCUT2D eigenvalue weighted by molar-refractivity contribution is 5.91. The fraction of sp³-hybridized carbons (Fsp3) is 0.235. The van der Waals surface area contributed by atoms with Crippen molar-refractivity contribution in [2.75, 3.05) is 18.8 Å². The van der Waals surface area contributed by atoms with Crippen LogP contribution in [0.2, 0.25) is 0 Å². The van der Waals surface area contributed by atoms with Gasteiger partial charge in [-0.15, -0.1) is 0 Å². The Morgan fingerprint density at radius 2 is 2.04 bits per heavy atom. The zero-order valence-electron chi connectivity index (χ0n) is 12.4. The van der Waals surface area contributed by atoms with Crippen LogP contribution >= 0.6 is 0 Å². The van der Waals surface area contributed by atoms with E-state index in [0.29, 0.717) is 12.2 Å².